The van der Waals surface area contributed by atoms with E-state index in [1.165, 1.54) is 42.6 Å². The highest BCUT2D eigenvalue weighted by molar-refractivity contribution is 7.13. The second kappa shape index (κ2) is 21.2. The minimum atomic E-state index is -0.870. The highest BCUT2D eigenvalue weighted by Gasteiger charge is 2.43. The molecule has 68 heavy (non-hydrogen) atoms. The van der Waals surface area contributed by atoms with Crippen LogP contribution in [0.3, 0.4) is 0 Å². The predicted molar refractivity (Wildman–Crippen MR) is 248 cm³/mol. The van der Waals surface area contributed by atoms with Crippen LogP contribution < -0.4 is 40.2 Å². The summed E-state index contributed by atoms with van der Waals surface area (Å²) in [6.07, 6.45) is 3.87. The number of carbonyl (C=O) groups excluding carboxylic acids is 5. The molecule has 2 aromatic heterocycles. The summed E-state index contributed by atoms with van der Waals surface area (Å²) in [6.45, 7) is -0.0656. The second-order valence-corrected chi connectivity index (χ2v) is 17.6. The molecule has 5 aromatic rings. The van der Waals surface area contributed by atoms with Crippen molar-refractivity contribution in [2.24, 2.45) is 15.6 Å². The fourth-order valence-corrected chi connectivity index (χ4v) is 9.19. The number of aromatic nitrogens is 2. The highest BCUT2D eigenvalue weighted by atomic mass is 35.5. The van der Waals surface area contributed by atoms with Crippen molar-refractivity contribution >= 4 is 74.8 Å². The third-order valence-electron chi connectivity index (χ3n) is 11.9. The van der Waals surface area contributed by atoms with E-state index < -0.39 is 35.7 Å². The Morgan fingerprint density at radius 2 is 1.71 bits per heavy atom. The molecule has 0 bridgehead atoms. The molecule has 3 aromatic carbocycles. The molecule has 18 nitrogen and oxygen atoms in total. The number of fused-ring (bicyclic) bond motifs is 1. The lowest BCUT2D eigenvalue weighted by molar-refractivity contribution is -0.137. The summed E-state index contributed by atoms with van der Waals surface area (Å²) < 4.78 is 37.7. The Hall–Kier alpha value is -7.19. The van der Waals surface area contributed by atoms with Gasteiger partial charge in [0, 0.05) is 73.0 Å². The summed E-state index contributed by atoms with van der Waals surface area (Å²) in [7, 11) is 2.84. The first-order valence-electron chi connectivity index (χ1n) is 21.8. The molecule has 354 valence electrons. The van der Waals surface area contributed by atoms with E-state index in [0.717, 1.165) is 0 Å². The van der Waals surface area contributed by atoms with E-state index in [4.69, 9.17) is 35.5 Å². The van der Waals surface area contributed by atoms with Gasteiger partial charge in [-0.15, -0.1) is 11.3 Å². The lowest BCUT2D eigenvalue weighted by Crippen LogP contribution is -2.52. The molecule has 3 aliphatic rings. The normalized spacial score (nSPS) is 19.0. The molecule has 1 saturated carbocycles. The number of ether oxygens (including phenoxy) is 4. The van der Waals surface area contributed by atoms with Gasteiger partial charge in [-0.3, -0.25) is 29.3 Å². The first-order chi connectivity index (χ1) is 32.9. The highest BCUT2D eigenvalue weighted by Crippen LogP contribution is 2.43. The first-order valence-corrected chi connectivity index (χ1v) is 23.0. The molecule has 4 heterocycles. The van der Waals surface area contributed by atoms with Crippen LogP contribution in [-0.4, -0.2) is 90.5 Å². The van der Waals surface area contributed by atoms with Gasteiger partial charge in [0.2, 0.25) is 23.5 Å². The molecule has 1 saturated heterocycles. The van der Waals surface area contributed by atoms with Gasteiger partial charge >= 0.3 is 0 Å². The number of nitrogens with one attached hydrogen (secondary N) is 4. The average molecular weight is 968 g/mol. The van der Waals surface area contributed by atoms with E-state index in [1.54, 1.807) is 42.6 Å². The number of benzene rings is 3. The number of thiazole rings is 1. The van der Waals surface area contributed by atoms with E-state index in [-0.39, 0.29) is 84.3 Å². The molecule has 0 radical (unpaired) electrons. The van der Waals surface area contributed by atoms with Crippen molar-refractivity contribution in [3.05, 3.63) is 106 Å². The monoisotopic (exact) mass is 967 g/mol. The number of azo groups is 1. The van der Waals surface area contributed by atoms with Crippen molar-refractivity contribution in [3.63, 3.8) is 0 Å². The summed E-state index contributed by atoms with van der Waals surface area (Å²) in [5.74, 6) is -1.31. The second-order valence-electron chi connectivity index (χ2n) is 16.3. The van der Waals surface area contributed by atoms with Crippen LogP contribution in [0.5, 0.6) is 23.0 Å². The van der Waals surface area contributed by atoms with Crippen molar-refractivity contribution in [2.75, 3.05) is 39.2 Å². The smallest absolute Gasteiger partial charge is 0.258 e. The van der Waals surface area contributed by atoms with E-state index >= 15 is 0 Å². The van der Waals surface area contributed by atoms with Gasteiger partial charge in [0.15, 0.2) is 34.8 Å². The van der Waals surface area contributed by atoms with Gasteiger partial charge in [0.25, 0.3) is 11.8 Å². The van der Waals surface area contributed by atoms with Crippen LogP contribution in [0.25, 0.3) is 0 Å². The summed E-state index contributed by atoms with van der Waals surface area (Å²) in [5.41, 5.74) is 1.55. The van der Waals surface area contributed by atoms with Crippen LogP contribution in [0.4, 0.5) is 26.7 Å². The Bertz CT molecular complexity index is 2710. The number of methoxy groups -OCH3 is 2. The molecule has 1 unspecified atom stereocenters. The maximum Gasteiger partial charge on any atom is 0.258 e. The van der Waals surface area contributed by atoms with Crippen LogP contribution >= 0.6 is 22.9 Å². The van der Waals surface area contributed by atoms with Gasteiger partial charge in [-0.2, -0.15) is 10.2 Å². The zero-order valence-electron chi connectivity index (χ0n) is 37.0. The lowest BCUT2D eigenvalue weighted by atomic mass is 9.69. The summed E-state index contributed by atoms with van der Waals surface area (Å²) in [6, 6.07) is 17.5. The van der Waals surface area contributed by atoms with Crippen molar-refractivity contribution in [2.45, 2.75) is 63.6 Å². The van der Waals surface area contributed by atoms with E-state index in [0.29, 0.717) is 71.2 Å². The Morgan fingerprint density at radius 1 is 0.956 bits per heavy atom. The topological polar surface area (TPSA) is 224 Å². The number of piperidine rings is 1. The van der Waals surface area contributed by atoms with Crippen LogP contribution in [-0.2, 0) is 32.1 Å². The molecule has 4 N–H and O–H groups in total. The number of amides is 5. The van der Waals surface area contributed by atoms with Crippen LogP contribution in [0.2, 0.25) is 5.02 Å². The molecule has 5 amide bonds. The zero-order chi connectivity index (χ0) is 47.8. The van der Waals surface area contributed by atoms with Crippen molar-refractivity contribution in [1.29, 1.82) is 0 Å². The maximum absolute atomic E-state index is 14.7. The standard InChI is InChI=1S/C47H47ClFN9O9S/c1-64-36-22-28(56-57-33-9-4-7-30-31(33)25-58(44(30)62)34-12-13-39(59)55-43(34)61)23-37(65-2)42(36)66-26-40(60)50-18-19-51-45(63)47(24-27-6-3-11-38(53-27)54-46-52-20-21-68-46)16-14-29(15-17-47)67-35-10-5-8-32(48)41(35)49/h3-11,20-23,29,34H,12-19,24-26H2,1-2H3,(H,50,60)(H,51,63)(H,52,53,54)(H,55,59,61). The van der Waals surface area contributed by atoms with Gasteiger partial charge < -0.3 is 39.8 Å². The maximum atomic E-state index is 14.7. The van der Waals surface area contributed by atoms with E-state index in [9.17, 15) is 28.4 Å². The SMILES string of the molecule is COc1cc(N=Nc2cccc3c2CN(C2CCC(=O)NC2=O)C3=O)cc(OC)c1OCC(=O)NCCNC(=O)C1(Cc2cccc(Nc3nccs3)n2)CCC(Oc2cccc(Cl)c2F)CC1. The molecule has 2 fully saturated rings. The predicted octanol–water partition coefficient (Wildman–Crippen LogP) is 7.13. The van der Waals surface area contributed by atoms with Crippen LogP contribution in [0.15, 0.2) is 88.5 Å². The molecular weight excluding hydrogens is 921 g/mol. The Labute approximate surface area is 399 Å². The van der Waals surface area contributed by atoms with Crippen LogP contribution in [0, 0.1) is 11.2 Å². The molecule has 1 atom stereocenters. The number of imide groups is 1. The molecule has 2 aliphatic heterocycles. The summed E-state index contributed by atoms with van der Waals surface area (Å²) in [4.78, 5) is 75.2. The van der Waals surface area contributed by atoms with Crippen molar-refractivity contribution in [3.8, 4) is 23.0 Å². The fraction of sp³-hybridized carbons (Fsp3) is 0.340. The van der Waals surface area contributed by atoms with Crippen molar-refractivity contribution < 1.29 is 47.3 Å². The van der Waals surface area contributed by atoms with Gasteiger partial charge in [-0.05, 0) is 68.5 Å². The number of pyridine rings is 1. The third-order valence-corrected chi connectivity index (χ3v) is 12.9. The number of anilines is 2. The summed E-state index contributed by atoms with van der Waals surface area (Å²) in [5, 5.41) is 22.6. The molecule has 0 spiro atoms. The van der Waals surface area contributed by atoms with Gasteiger partial charge in [0.1, 0.15) is 11.9 Å². The van der Waals surface area contributed by atoms with Gasteiger partial charge in [0.05, 0.1) is 42.1 Å². The number of hydrogen-bond acceptors (Lipinski definition) is 15. The number of rotatable bonds is 18. The Morgan fingerprint density at radius 3 is 2.44 bits per heavy atom. The van der Waals surface area contributed by atoms with Gasteiger partial charge in [-0.1, -0.05) is 29.8 Å². The van der Waals surface area contributed by atoms with Crippen molar-refractivity contribution in [1.82, 2.24) is 30.8 Å². The third kappa shape index (κ3) is 10.8. The fourth-order valence-electron chi connectivity index (χ4n) is 8.48. The number of carbonyl (C=O) groups is 5. The van der Waals surface area contributed by atoms with Gasteiger partial charge in [-0.25, -0.2) is 14.4 Å². The number of hydrogen-bond donors (Lipinski definition) is 4. The zero-order valence-corrected chi connectivity index (χ0v) is 38.6. The number of halogens is 2. The summed E-state index contributed by atoms with van der Waals surface area (Å²) >= 11 is 7.43. The minimum Gasteiger partial charge on any atom is -0.493 e. The molecular formula is C47H47ClFN9O9S. The molecule has 8 rings (SSSR count). The van der Waals surface area contributed by atoms with E-state index in [1.807, 2.05) is 23.6 Å². The first kappa shape index (κ1) is 47.3. The largest absolute Gasteiger partial charge is 0.493 e. The Kier molecular flexibility index (Phi) is 14.7. The molecule has 21 heteroatoms. The number of nitrogens with zero attached hydrogens (tertiary/aromatic N) is 5. The molecule has 1 aliphatic carbocycles. The van der Waals surface area contributed by atoms with E-state index in [2.05, 4.69) is 36.5 Å². The van der Waals surface area contributed by atoms with Crippen LogP contribution in [0.1, 0.15) is 60.1 Å². The quantitative estimate of drug-likeness (QED) is 0.0391. The lowest BCUT2D eigenvalue weighted by Gasteiger charge is -2.39. The minimum absolute atomic E-state index is 0.0330. The Balaban J connectivity index is 0.868. The average Bonchev–Trinajstić information content (AvgIpc) is 3.98.